The summed E-state index contributed by atoms with van der Waals surface area (Å²) < 4.78 is 36.1. The molecule has 0 atom stereocenters. The predicted molar refractivity (Wildman–Crippen MR) is 62.0 cm³/mol. The van der Waals surface area contributed by atoms with Gasteiger partial charge in [-0.25, -0.2) is 4.99 Å². The van der Waals surface area contributed by atoms with Gasteiger partial charge in [-0.3, -0.25) is 4.90 Å². The lowest BCUT2D eigenvalue weighted by Crippen LogP contribution is -2.48. The SMILES string of the molecule is C=CN=C(C)N1CCN(CCC(F)(F)F)CC1. The maximum Gasteiger partial charge on any atom is 0.390 e. The van der Waals surface area contributed by atoms with Gasteiger partial charge in [0.2, 0.25) is 0 Å². The monoisotopic (exact) mass is 249 g/mol. The van der Waals surface area contributed by atoms with E-state index in [0.717, 1.165) is 18.9 Å². The molecule has 1 saturated heterocycles. The molecule has 6 heteroatoms. The predicted octanol–water partition coefficient (Wildman–Crippen LogP) is 2.12. The van der Waals surface area contributed by atoms with Crippen molar-refractivity contribution in [3.8, 4) is 0 Å². The molecule has 0 unspecified atom stereocenters. The first-order valence-corrected chi connectivity index (χ1v) is 5.62. The van der Waals surface area contributed by atoms with Crippen LogP contribution in [0.3, 0.4) is 0 Å². The molecule has 0 N–H and O–H groups in total. The highest BCUT2D eigenvalue weighted by Gasteiger charge is 2.28. The van der Waals surface area contributed by atoms with Gasteiger partial charge in [-0.15, -0.1) is 0 Å². The van der Waals surface area contributed by atoms with Crippen molar-refractivity contribution in [3.63, 3.8) is 0 Å². The minimum absolute atomic E-state index is 0.0923. The van der Waals surface area contributed by atoms with Crippen molar-refractivity contribution in [2.45, 2.75) is 19.5 Å². The van der Waals surface area contributed by atoms with Crippen LogP contribution in [0, 0.1) is 0 Å². The standard InChI is InChI=1S/C11H18F3N3/c1-3-15-10(2)17-8-6-16(7-9-17)5-4-11(12,13)14/h3H,1,4-9H2,2H3. The third-order valence-corrected chi connectivity index (χ3v) is 2.82. The molecule has 1 aliphatic rings. The van der Waals surface area contributed by atoms with Gasteiger partial charge in [-0.1, -0.05) is 6.58 Å². The van der Waals surface area contributed by atoms with Crippen molar-refractivity contribution in [2.24, 2.45) is 4.99 Å². The highest BCUT2D eigenvalue weighted by Crippen LogP contribution is 2.20. The number of rotatable bonds is 3. The molecule has 0 aromatic rings. The Hall–Kier alpha value is -1.04. The Morgan fingerprint density at radius 1 is 1.29 bits per heavy atom. The summed E-state index contributed by atoms with van der Waals surface area (Å²) in [7, 11) is 0. The van der Waals surface area contributed by atoms with Crippen LogP contribution in [0.25, 0.3) is 0 Å². The Labute approximate surface area is 99.6 Å². The first-order chi connectivity index (χ1) is 7.92. The molecule has 3 nitrogen and oxygen atoms in total. The van der Waals surface area contributed by atoms with Gasteiger partial charge < -0.3 is 4.90 Å². The number of halogens is 3. The second-order valence-corrected chi connectivity index (χ2v) is 4.05. The normalized spacial score (nSPS) is 19.5. The smallest absolute Gasteiger partial charge is 0.358 e. The van der Waals surface area contributed by atoms with Gasteiger partial charge in [0.05, 0.1) is 6.42 Å². The minimum Gasteiger partial charge on any atom is -0.358 e. The Kier molecular flexibility index (Phi) is 4.99. The third kappa shape index (κ3) is 5.21. The molecule has 0 saturated carbocycles. The number of amidine groups is 1. The summed E-state index contributed by atoms with van der Waals surface area (Å²) in [6, 6.07) is 0. The summed E-state index contributed by atoms with van der Waals surface area (Å²) in [5.74, 6) is 0.871. The van der Waals surface area contributed by atoms with Gasteiger partial charge in [-0.2, -0.15) is 13.2 Å². The molecule has 0 bridgehead atoms. The van der Waals surface area contributed by atoms with Crippen molar-refractivity contribution in [1.29, 1.82) is 0 Å². The van der Waals surface area contributed by atoms with Crippen molar-refractivity contribution in [3.05, 3.63) is 12.8 Å². The van der Waals surface area contributed by atoms with E-state index in [-0.39, 0.29) is 6.54 Å². The molecule has 0 aromatic carbocycles. The summed E-state index contributed by atoms with van der Waals surface area (Å²) in [5, 5.41) is 0. The maximum atomic E-state index is 12.0. The second-order valence-electron chi connectivity index (χ2n) is 4.05. The van der Waals surface area contributed by atoms with Gasteiger partial charge in [0.1, 0.15) is 5.84 Å². The second kappa shape index (κ2) is 6.05. The zero-order valence-corrected chi connectivity index (χ0v) is 10.0. The van der Waals surface area contributed by atoms with Crippen molar-refractivity contribution >= 4 is 5.84 Å². The lowest BCUT2D eigenvalue weighted by atomic mass is 10.3. The molecule has 1 fully saturated rings. The first kappa shape index (κ1) is 14.0. The van der Waals surface area contributed by atoms with Crippen molar-refractivity contribution in [1.82, 2.24) is 9.80 Å². The van der Waals surface area contributed by atoms with Crippen LogP contribution in [0.5, 0.6) is 0 Å². The lowest BCUT2D eigenvalue weighted by Gasteiger charge is -2.35. The molecule has 0 radical (unpaired) electrons. The average Bonchev–Trinajstić information content (AvgIpc) is 2.26. The van der Waals surface area contributed by atoms with Crippen LogP contribution in [0.15, 0.2) is 17.8 Å². The number of piperazine rings is 1. The number of nitrogens with zero attached hydrogens (tertiary/aromatic N) is 3. The van der Waals surface area contributed by atoms with E-state index in [2.05, 4.69) is 16.5 Å². The number of hydrogen-bond donors (Lipinski definition) is 0. The summed E-state index contributed by atoms with van der Waals surface area (Å²) in [6.07, 6.45) is -3.31. The van der Waals surface area contributed by atoms with E-state index in [4.69, 9.17) is 0 Å². The molecule has 98 valence electrons. The van der Waals surface area contributed by atoms with Gasteiger partial charge in [0.15, 0.2) is 0 Å². The zero-order chi connectivity index (χ0) is 12.9. The van der Waals surface area contributed by atoms with Crippen LogP contribution in [0.2, 0.25) is 0 Å². The molecular formula is C11H18F3N3. The highest BCUT2D eigenvalue weighted by atomic mass is 19.4. The lowest BCUT2D eigenvalue weighted by molar-refractivity contribution is -0.138. The van der Waals surface area contributed by atoms with Gasteiger partial charge >= 0.3 is 6.18 Å². The molecule has 1 rings (SSSR count). The number of alkyl halides is 3. The first-order valence-electron chi connectivity index (χ1n) is 5.62. The molecule has 0 aliphatic carbocycles. The Morgan fingerprint density at radius 2 is 1.88 bits per heavy atom. The van der Waals surface area contributed by atoms with Crippen molar-refractivity contribution < 1.29 is 13.2 Å². The van der Waals surface area contributed by atoms with E-state index >= 15 is 0 Å². The topological polar surface area (TPSA) is 18.8 Å². The van der Waals surface area contributed by atoms with Gasteiger partial charge in [0, 0.05) is 38.9 Å². The van der Waals surface area contributed by atoms with E-state index < -0.39 is 12.6 Å². The molecule has 0 aromatic heterocycles. The number of hydrogen-bond acceptors (Lipinski definition) is 2. The van der Waals surface area contributed by atoms with Crippen LogP contribution >= 0.6 is 0 Å². The fourth-order valence-corrected chi connectivity index (χ4v) is 1.79. The molecular weight excluding hydrogens is 231 g/mol. The van der Waals surface area contributed by atoms with Gasteiger partial charge in [-0.05, 0) is 6.92 Å². The molecule has 1 aliphatic heterocycles. The van der Waals surface area contributed by atoms with Gasteiger partial charge in [0.25, 0.3) is 0 Å². The van der Waals surface area contributed by atoms with E-state index in [1.807, 2.05) is 11.8 Å². The summed E-state index contributed by atoms with van der Waals surface area (Å²) in [5.41, 5.74) is 0. The highest BCUT2D eigenvalue weighted by molar-refractivity contribution is 5.80. The molecule has 0 spiro atoms. The Morgan fingerprint density at radius 3 is 2.35 bits per heavy atom. The quantitative estimate of drug-likeness (QED) is 0.563. The maximum absolute atomic E-state index is 12.0. The number of aliphatic imine (C=N–C) groups is 1. The van der Waals surface area contributed by atoms with Crippen LogP contribution in [0.4, 0.5) is 13.2 Å². The Balaban J connectivity index is 2.31. The van der Waals surface area contributed by atoms with E-state index in [1.54, 1.807) is 0 Å². The minimum atomic E-state index is -4.06. The molecule has 1 heterocycles. The average molecular weight is 249 g/mol. The van der Waals surface area contributed by atoms with Crippen LogP contribution in [0.1, 0.15) is 13.3 Å². The van der Waals surface area contributed by atoms with Crippen molar-refractivity contribution in [2.75, 3.05) is 32.7 Å². The zero-order valence-electron chi connectivity index (χ0n) is 10.0. The fourth-order valence-electron chi connectivity index (χ4n) is 1.79. The fraction of sp³-hybridized carbons (Fsp3) is 0.727. The van der Waals surface area contributed by atoms with Crippen LogP contribution in [-0.2, 0) is 0 Å². The molecule has 0 amide bonds. The largest absolute Gasteiger partial charge is 0.390 e. The van der Waals surface area contributed by atoms with Crippen LogP contribution in [-0.4, -0.2) is 54.5 Å². The van der Waals surface area contributed by atoms with Crippen LogP contribution < -0.4 is 0 Å². The Bertz CT molecular complexity index is 278. The molecule has 17 heavy (non-hydrogen) atoms. The summed E-state index contributed by atoms with van der Waals surface area (Å²) in [6.45, 7) is 8.24. The third-order valence-electron chi connectivity index (χ3n) is 2.82. The summed E-state index contributed by atoms with van der Waals surface area (Å²) >= 11 is 0. The van der Waals surface area contributed by atoms with E-state index in [9.17, 15) is 13.2 Å². The summed E-state index contributed by atoms with van der Waals surface area (Å²) in [4.78, 5) is 7.97. The van der Waals surface area contributed by atoms with E-state index in [0.29, 0.717) is 13.1 Å². The van der Waals surface area contributed by atoms with E-state index in [1.165, 1.54) is 6.20 Å².